The molecule has 0 unspecified atom stereocenters. The van der Waals surface area contributed by atoms with Gasteiger partial charge in [-0.25, -0.2) is 4.98 Å². The van der Waals surface area contributed by atoms with E-state index in [-0.39, 0.29) is 0 Å². The Hall–Kier alpha value is -1.56. The Morgan fingerprint density at radius 2 is 1.94 bits per heavy atom. The molecule has 0 aliphatic carbocycles. The number of aromatic nitrogens is 1. The fourth-order valence-electron chi connectivity index (χ4n) is 2.13. The van der Waals surface area contributed by atoms with Crippen LogP contribution in [0.1, 0.15) is 36.8 Å². The van der Waals surface area contributed by atoms with E-state index in [4.69, 9.17) is 5.26 Å². The van der Waals surface area contributed by atoms with Gasteiger partial charge in [-0.05, 0) is 31.4 Å². The number of hydrogen-bond donors (Lipinski definition) is 0. The Morgan fingerprint density at radius 1 is 1.25 bits per heavy atom. The molecule has 16 heavy (non-hydrogen) atoms. The van der Waals surface area contributed by atoms with Crippen molar-refractivity contribution in [2.45, 2.75) is 32.6 Å². The third-order valence-electron chi connectivity index (χ3n) is 3.15. The van der Waals surface area contributed by atoms with Crippen molar-refractivity contribution in [1.29, 1.82) is 5.26 Å². The van der Waals surface area contributed by atoms with Crippen molar-refractivity contribution in [2.75, 3.05) is 18.0 Å². The zero-order valence-corrected chi connectivity index (χ0v) is 9.74. The number of hydrogen-bond acceptors (Lipinski definition) is 3. The van der Waals surface area contributed by atoms with Gasteiger partial charge in [0.05, 0.1) is 5.56 Å². The van der Waals surface area contributed by atoms with Gasteiger partial charge in [-0.2, -0.15) is 5.26 Å². The van der Waals surface area contributed by atoms with Crippen molar-refractivity contribution < 1.29 is 0 Å². The number of pyridine rings is 1. The Labute approximate surface area is 96.7 Å². The molecule has 3 heteroatoms. The lowest BCUT2D eigenvalue weighted by atomic mass is 10.2. The molecule has 0 spiro atoms. The van der Waals surface area contributed by atoms with E-state index >= 15 is 0 Å². The lowest BCUT2D eigenvalue weighted by Crippen LogP contribution is -2.24. The van der Waals surface area contributed by atoms with Crippen LogP contribution in [0, 0.1) is 18.3 Å². The van der Waals surface area contributed by atoms with Crippen LogP contribution >= 0.6 is 0 Å². The van der Waals surface area contributed by atoms with E-state index in [2.05, 4.69) is 16.0 Å². The van der Waals surface area contributed by atoms with Crippen LogP contribution in [-0.2, 0) is 0 Å². The molecule has 0 N–H and O–H groups in total. The van der Waals surface area contributed by atoms with Crippen molar-refractivity contribution in [3.05, 3.63) is 23.4 Å². The first-order valence-electron chi connectivity index (χ1n) is 5.93. The Kier molecular flexibility index (Phi) is 3.40. The highest BCUT2D eigenvalue weighted by Crippen LogP contribution is 2.19. The standard InChI is InChI=1S/C13H17N3/c1-11-8-13(15-10-12(11)9-14)16-6-4-2-3-5-7-16/h8,10H,2-7H2,1H3. The molecule has 1 aromatic heterocycles. The fraction of sp³-hybridized carbons (Fsp3) is 0.538. The summed E-state index contributed by atoms with van der Waals surface area (Å²) in [6.45, 7) is 4.16. The van der Waals surface area contributed by atoms with Gasteiger partial charge in [0.2, 0.25) is 0 Å². The summed E-state index contributed by atoms with van der Waals surface area (Å²) in [5, 5.41) is 8.86. The summed E-state index contributed by atoms with van der Waals surface area (Å²) < 4.78 is 0. The SMILES string of the molecule is Cc1cc(N2CCCCCC2)ncc1C#N. The molecular weight excluding hydrogens is 198 g/mol. The van der Waals surface area contributed by atoms with Gasteiger partial charge in [-0.3, -0.25) is 0 Å². The summed E-state index contributed by atoms with van der Waals surface area (Å²) >= 11 is 0. The first-order valence-corrected chi connectivity index (χ1v) is 5.93. The summed E-state index contributed by atoms with van der Waals surface area (Å²) in [5.74, 6) is 1.03. The minimum Gasteiger partial charge on any atom is -0.357 e. The molecule has 3 nitrogen and oxygen atoms in total. The molecule has 0 amide bonds. The number of nitriles is 1. The highest BCUT2D eigenvalue weighted by atomic mass is 15.2. The average Bonchev–Trinajstić information content (AvgIpc) is 2.57. The second kappa shape index (κ2) is 4.98. The van der Waals surface area contributed by atoms with E-state index in [9.17, 15) is 0 Å². The molecule has 0 saturated carbocycles. The Balaban J connectivity index is 2.20. The van der Waals surface area contributed by atoms with Crippen molar-refractivity contribution in [2.24, 2.45) is 0 Å². The first kappa shape index (κ1) is 10.9. The van der Waals surface area contributed by atoms with Gasteiger partial charge >= 0.3 is 0 Å². The van der Waals surface area contributed by atoms with Crippen LogP contribution in [0.4, 0.5) is 5.82 Å². The minimum absolute atomic E-state index is 0.679. The molecule has 1 fully saturated rings. The summed E-state index contributed by atoms with van der Waals surface area (Å²) in [6.07, 6.45) is 6.84. The van der Waals surface area contributed by atoms with E-state index in [1.807, 2.05) is 13.0 Å². The molecule has 1 aliphatic heterocycles. The number of anilines is 1. The van der Waals surface area contributed by atoms with Crippen LogP contribution in [-0.4, -0.2) is 18.1 Å². The minimum atomic E-state index is 0.679. The van der Waals surface area contributed by atoms with Crippen LogP contribution in [0.15, 0.2) is 12.3 Å². The van der Waals surface area contributed by atoms with Gasteiger partial charge < -0.3 is 4.90 Å². The normalized spacial score (nSPS) is 16.6. The molecular formula is C13H17N3. The van der Waals surface area contributed by atoms with Gasteiger partial charge in [-0.15, -0.1) is 0 Å². The maximum absolute atomic E-state index is 8.86. The lowest BCUT2D eigenvalue weighted by molar-refractivity contribution is 0.726. The Morgan fingerprint density at radius 3 is 2.50 bits per heavy atom. The molecule has 2 heterocycles. The lowest BCUT2D eigenvalue weighted by Gasteiger charge is -2.21. The van der Waals surface area contributed by atoms with E-state index in [0.717, 1.165) is 24.5 Å². The smallest absolute Gasteiger partial charge is 0.128 e. The summed E-state index contributed by atoms with van der Waals surface area (Å²) in [5.41, 5.74) is 1.70. The van der Waals surface area contributed by atoms with Crippen LogP contribution in [0.25, 0.3) is 0 Å². The monoisotopic (exact) mass is 215 g/mol. The molecule has 1 aromatic rings. The van der Waals surface area contributed by atoms with E-state index < -0.39 is 0 Å². The van der Waals surface area contributed by atoms with Gasteiger partial charge in [0.25, 0.3) is 0 Å². The van der Waals surface area contributed by atoms with Gasteiger partial charge in [0, 0.05) is 19.3 Å². The Bertz CT molecular complexity index is 398. The second-order valence-corrected chi connectivity index (χ2v) is 4.37. The van der Waals surface area contributed by atoms with Gasteiger partial charge in [-0.1, -0.05) is 12.8 Å². The number of rotatable bonds is 1. The molecule has 0 radical (unpaired) electrons. The number of nitrogens with zero attached hydrogens (tertiary/aromatic N) is 3. The third-order valence-corrected chi connectivity index (χ3v) is 3.15. The van der Waals surface area contributed by atoms with Crippen molar-refractivity contribution >= 4 is 5.82 Å². The predicted octanol–water partition coefficient (Wildman–Crippen LogP) is 2.64. The average molecular weight is 215 g/mol. The van der Waals surface area contributed by atoms with Crippen LogP contribution in [0.2, 0.25) is 0 Å². The van der Waals surface area contributed by atoms with Crippen molar-refractivity contribution in [3.8, 4) is 6.07 Å². The zero-order valence-electron chi connectivity index (χ0n) is 9.74. The topological polar surface area (TPSA) is 39.9 Å². The largest absolute Gasteiger partial charge is 0.357 e. The third kappa shape index (κ3) is 2.33. The highest BCUT2D eigenvalue weighted by Gasteiger charge is 2.11. The molecule has 2 rings (SSSR count). The second-order valence-electron chi connectivity index (χ2n) is 4.37. The van der Waals surface area contributed by atoms with Crippen LogP contribution < -0.4 is 4.90 Å². The van der Waals surface area contributed by atoms with Gasteiger partial charge in [0.1, 0.15) is 11.9 Å². The van der Waals surface area contributed by atoms with Crippen LogP contribution in [0.3, 0.4) is 0 Å². The van der Waals surface area contributed by atoms with E-state index in [0.29, 0.717) is 5.56 Å². The van der Waals surface area contributed by atoms with Crippen LogP contribution in [0.5, 0.6) is 0 Å². The maximum Gasteiger partial charge on any atom is 0.128 e. The van der Waals surface area contributed by atoms with Gasteiger partial charge in [0.15, 0.2) is 0 Å². The first-order chi connectivity index (χ1) is 7.81. The zero-order chi connectivity index (χ0) is 11.4. The highest BCUT2D eigenvalue weighted by molar-refractivity contribution is 5.46. The number of aryl methyl sites for hydroxylation is 1. The summed E-state index contributed by atoms with van der Waals surface area (Å²) in [6, 6.07) is 4.19. The van der Waals surface area contributed by atoms with E-state index in [1.165, 1.54) is 25.7 Å². The molecule has 0 bridgehead atoms. The van der Waals surface area contributed by atoms with E-state index in [1.54, 1.807) is 6.20 Å². The molecule has 84 valence electrons. The summed E-state index contributed by atoms with van der Waals surface area (Å²) in [4.78, 5) is 6.71. The van der Waals surface area contributed by atoms with Crippen molar-refractivity contribution in [3.63, 3.8) is 0 Å². The molecule has 0 aromatic carbocycles. The quantitative estimate of drug-likeness (QED) is 0.723. The molecule has 1 saturated heterocycles. The van der Waals surface area contributed by atoms with Crippen molar-refractivity contribution in [1.82, 2.24) is 4.98 Å². The predicted molar refractivity (Wildman–Crippen MR) is 64.4 cm³/mol. The summed E-state index contributed by atoms with van der Waals surface area (Å²) in [7, 11) is 0. The fourth-order valence-corrected chi connectivity index (χ4v) is 2.13. The molecule has 1 aliphatic rings. The maximum atomic E-state index is 8.86. The molecule has 0 atom stereocenters.